The molecule has 0 radical (unpaired) electrons. The zero-order valence-electron chi connectivity index (χ0n) is 12.0. The predicted octanol–water partition coefficient (Wildman–Crippen LogP) is 0.147. The molecule has 1 aromatic carbocycles. The van der Waals surface area contributed by atoms with Gasteiger partial charge in [-0.05, 0) is 37.6 Å². The zero-order valence-corrected chi connectivity index (χ0v) is 12.8. The van der Waals surface area contributed by atoms with Gasteiger partial charge in [-0.25, -0.2) is 8.42 Å². The molecule has 0 saturated carbocycles. The van der Waals surface area contributed by atoms with Crippen LogP contribution in [0.3, 0.4) is 0 Å². The molecule has 0 aliphatic carbocycles. The van der Waals surface area contributed by atoms with Crippen LogP contribution in [0, 0.1) is 18.8 Å². The molecule has 1 aromatic rings. The molecular weight excluding hydrogens is 292 g/mol. The van der Waals surface area contributed by atoms with E-state index in [9.17, 15) is 13.2 Å². The van der Waals surface area contributed by atoms with E-state index in [1.165, 1.54) is 12.1 Å². The van der Waals surface area contributed by atoms with Gasteiger partial charge in [0.2, 0.25) is 10.0 Å². The number of rotatable bonds is 5. The molecule has 114 valence electrons. The van der Waals surface area contributed by atoms with Crippen molar-refractivity contribution in [1.29, 1.82) is 0 Å². The summed E-state index contributed by atoms with van der Waals surface area (Å²) in [7, 11) is -3.76. The summed E-state index contributed by atoms with van der Waals surface area (Å²) in [6.07, 6.45) is 0. The summed E-state index contributed by atoms with van der Waals surface area (Å²) in [5, 5.41) is 0. The number of nitrogens with one attached hydrogen (secondary N) is 1. The highest BCUT2D eigenvalue weighted by Gasteiger charge is 2.16. The topological polar surface area (TPSA) is 98.5 Å². The molecule has 6 nitrogen and oxygen atoms in total. The van der Waals surface area contributed by atoms with Crippen molar-refractivity contribution in [2.45, 2.75) is 18.7 Å². The second kappa shape index (κ2) is 7.78. The summed E-state index contributed by atoms with van der Waals surface area (Å²) < 4.78 is 30.9. The normalized spacial score (nSPS) is 10.6. The Morgan fingerprint density at radius 1 is 1.43 bits per heavy atom. The third-order valence-corrected chi connectivity index (χ3v) is 3.94. The molecule has 0 fully saturated rings. The number of carbonyl (C=O) groups is 1. The minimum atomic E-state index is -3.76. The quantitative estimate of drug-likeness (QED) is 0.596. The van der Waals surface area contributed by atoms with E-state index in [1.807, 2.05) is 0 Å². The van der Waals surface area contributed by atoms with Crippen molar-refractivity contribution < 1.29 is 17.9 Å². The summed E-state index contributed by atoms with van der Waals surface area (Å²) in [5.74, 6) is 4.94. The molecule has 0 heterocycles. The van der Waals surface area contributed by atoms with Gasteiger partial charge in [0, 0.05) is 5.56 Å². The molecule has 0 aliphatic heterocycles. The van der Waals surface area contributed by atoms with Crippen LogP contribution < -0.4 is 10.5 Å². The Bertz CT molecular complexity index is 672. The lowest BCUT2D eigenvalue weighted by Gasteiger charge is -2.08. The van der Waals surface area contributed by atoms with E-state index < -0.39 is 22.5 Å². The van der Waals surface area contributed by atoms with Gasteiger partial charge in [-0.1, -0.05) is 11.8 Å². The highest BCUT2D eigenvalue weighted by Crippen LogP contribution is 2.14. The van der Waals surface area contributed by atoms with Gasteiger partial charge >= 0.3 is 5.97 Å². The van der Waals surface area contributed by atoms with E-state index in [-0.39, 0.29) is 18.0 Å². The van der Waals surface area contributed by atoms with Gasteiger partial charge in [0.25, 0.3) is 0 Å². The second-order valence-electron chi connectivity index (χ2n) is 4.11. The number of benzene rings is 1. The minimum absolute atomic E-state index is 0.0718. The molecule has 1 rings (SSSR count). The van der Waals surface area contributed by atoms with Crippen molar-refractivity contribution >= 4 is 16.0 Å². The molecule has 0 saturated heterocycles. The van der Waals surface area contributed by atoms with Crippen LogP contribution in [-0.4, -0.2) is 34.1 Å². The molecule has 0 aromatic heterocycles. The van der Waals surface area contributed by atoms with Gasteiger partial charge in [-0.3, -0.25) is 4.79 Å². The largest absolute Gasteiger partial charge is 0.465 e. The first-order valence-electron chi connectivity index (χ1n) is 6.35. The number of ether oxygens (including phenoxy) is 1. The lowest BCUT2D eigenvalue weighted by atomic mass is 10.1. The average Bonchev–Trinajstić information content (AvgIpc) is 2.44. The maximum atomic E-state index is 12.0. The Morgan fingerprint density at radius 3 is 2.71 bits per heavy atom. The SMILES string of the molecule is CCOC(=O)CNS(=O)(=O)c1ccc(C#CCN)c(C)c1. The van der Waals surface area contributed by atoms with E-state index in [1.54, 1.807) is 19.9 Å². The van der Waals surface area contributed by atoms with Crippen molar-refractivity contribution in [3.8, 4) is 11.8 Å². The number of carbonyl (C=O) groups excluding carboxylic acids is 1. The van der Waals surface area contributed by atoms with Gasteiger partial charge in [0.1, 0.15) is 6.54 Å². The van der Waals surface area contributed by atoms with Crippen LogP contribution in [0.5, 0.6) is 0 Å². The van der Waals surface area contributed by atoms with E-state index in [2.05, 4.69) is 21.3 Å². The van der Waals surface area contributed by atoms with Crippen LogP contribution in [0.1, 0.15) is 18.1 Å². The first kappa shape index (κ1) is 17.2. The first-order chi connectivity index (χ1) is 9.90. The maximum absolute atomic E-state index is 12.0. The number of hydrogen-bond acceptors (Lipinski definition) is 5. The highest BCUT2D eigenvalue weighted by atomic mass is 32.2. The number of aryl methyl sites for hydroxylation is 1. The fraction of sp³-hybridized carbons (Fsp3) is 0.357. The van der Waals surface area contributed by atoms with Crippen molar-refractivity contribution in [1.82, 2.24) is 4.72 Å². The average molecular weight is 310 g/mol. The van der Waals surface area contributed by atoms with Crippen LogP contribution in [0.15, 0.2) is 23.1 Å². The number of hydrogen-bond donors (Lipinski definition) is 2. The molecule has 3 N–H and O–H groups in total. The number of sulfonamides is 1. The third-order valence-electron chi connectivity index (χ3n) is 2.55. The van der Waals surface area contributed by atoms with Crippen molar-refractivity contribution in [2.24, 2.45) is 5.73 Å². The lowest BCUT2D eigenvalue weighted by Crippen LogP contribution is -2.30. The molecule has 0 spiro atoms. The van der Waals surface area contributed by atoms with E-state index in [4.69, 9.17) is 5.73 Å². The van der Waals surface area contributed by atoms with Crippen LogP contribution >= 0.6 is 0 Å². The number of nitrogens with two attached hydrogens (primary N) is 1. The van der Waals surface area contributed by atoms with Crippen molar-refractivity contribution in [3.63, 3.8) is 0 Å². The molecule has 0 bridgehead atoms. The number of esters is 1. The van der Waals surface area contributed by atoms with Crippen molar-refractivity contribution in [3.05, 3.63) is 29.3 Å². The van der Waals surface area contributed by atoms with Crippen LogP contribution in [0.4, 0.5) is 0 Å². The van der Waals surface area contributed by atoms with Crippen LogP contribution in [-0.2, 0) is 19.6 Å². The second-order valence-corrected chi connectivity index (χ2v) is 5.88. The smallest absolute Gasteiger partial charge is 0.321 e. The van der Waals surface area contributed by atoms with Gasteiger partial charge in [-0.15, -0.1) is 0 Å². The summed E-state index contributed by atoms with van der Waals surface area (Å²) in [6.45, 7) is 3.44. The monoisotopic (exact) mass is 310 g/mol. The van der Waals surface area contributed by atoms with Crippen molar-refractivity contribution in [2.75, 3.05) is 19.7 Å². The van der Waals surface area contributed by atoms with E-state index in [0.717, 1.165) is 5.56 Å². The van der Waals surface area contributed by atoms with Crippen LogP contribution in [0.2, 0.25) is 0 Å². The summed E-state index contributed by atoms with van der Waals surface area (Å²) in [4.78, 5) is 11.3. The fourth-order valence-corrected chi connectivity index (χ4v) is 2.59. The molecule has 0 unspecified atom stereocenters. The van der Waals surface area contributed by atoms with Gasteiger partial charge in [0.15, 0.2) is 0 Å². The maximum Gasteiger partial charge on any atom is 0.321 e. The Kier molecular flexibility index (Phi) is 6.37. The molecule has 0 aliphatic rings. The highest BCUT2D eigenvalue weighted by molar-refractivity contribution is 7.89. The summed E-state index contributed by atoms with van der Waals surface area (Å²) in [6, 6.07) is 4.53. The molecule has 21 heavy (non-hydrogen) atoms. The Morgan fingerprint density at radius 2 is 2.14 bits per heavy atom. The zero-order chi connectivity index (χ0) is 15.9. The van der Waals surface area contributed by atoms with Gasteiger partial charge < -0.3 is 10.5 Å². The minimum Gasteiger partial charge on any atom is -0.465 e. The molecule has 7 heteroatoms. The molecular formula is C14H18N2O4S. The predicted molar refractivity (Wildman–Crippen MR) is 78.9 cm³/mol. The Labute approximate surface area is 124 Å². The van der Waals surface area contributed by atoms with Crippen LogP contribution in [0.25, 0.3) is 0 Å². The standard InChI is InChI=1S/C14H18N2O4S/c1-3-20-14(17)10-16-21(18,19)13-7-6-12(5-4-8-15)11(2)9-13/h6-7,9,16H,3,8,10,15H2,1-2H3. The summed E-state index contributed by atoms with van der Waals surface area (Å²) >= 11 is 0. The van der Waals surface area contributed by atoms with E-state index >= 15 is 0 Å². The Hall–Kier alpha value is -1.88. The molecule has 0 amide bonds. The van der Waals surface area contributed by atoms with E-state index in [0.29, 0.717) is 5.56 Å². The first-order valence-corrected chi connectivity index (χ1v) is 7.84. The van der Waals surface area contributed by atoms with Gasteiger partial charge in [0.05, 0.1) is 18.0 Å². The lowest BCUT2D eigenvalue weighted by molar-refractivity contribution is -0.141. The Balaban J connectivity index is 2.89. The molecule has 0 atom stereocenters. The third kappa shape index (κ3) is 5.19. The fourth-order valence-electron chi connectivity index (χ4n) is 1.54. The van der Waals surface area contributed by atoms with Gasteiger partial charge in [-0.2, -0.15) is 4.72 Å². The summed E-state index contributed by atoms with van der Waals surface area (Å²) in [5.41, 5.74) is 6.73.